The van der Waals surface area contributed by atoms with E-state index in [1.165, 1.54) is 24.3 Å². The van der Waals surface area contributed by atoms with Crippen LogP contribution in [0.2, 0.25) is 0 Å². The van der Waals surface area contributed by atoms with Crippen molar-refractivity contribution in [3.05, 3.63) is 77.9 Å². The molecule has 32 heavy (non-hydrogen) atoms. The molecule has 10 heteroatoms. The summed E-state index contributed by atoms with van der Waals surface area (Å²) in [5.41, 5.74) is -1.31. The molecule has 3 atom stereocenters. The molecule has 2 N–H and O–H groups in total. The van der Waals surface area contributed by atoms with E-state index in [2.05, 4.69) is 4.72 Å². The number of alkyl halides is 3. The summed E-state index contributed by atoms with van der Waals surface area (Å²) in [4.78, 5) is 12.6. The number of rotatable bonds is 6. The fourth-order valence-electron chi connectivity index (χ4n) is 4.02. The Kier molecular flexibility index (Phi) is 5.43. The van der Waals surface area contributed by atoms with Crippen LogP contribution in [-0.4, -0.2) is 25.0 Å². The predicted molar refractivity (Wildman–Crippen MR) is 114 cm³/mol. The summed E-state index contributed by atoms with van der Waals surface area (Å²) in [6.07, 6.45) is -4.46. The number of carboxylic acids is 1. The molecule has 0 spiro atoms. The number of carbonyl (C=O) groups is 1. The lowest BCUT2D eigenvalue weighted by molar-refractivity contribution is -0.140. The minimum atomic E-state index is -4.46. The fourth-order valence-corrected chi connectivity index (χ4v) is 6.79. The van der Waals surface area contributed by atoms with E-state index >= 15 is 0 Å². The van der Waals surface area contributed by atoms with E-state index in [0.717, 1.165) is 29.0 Å². The molecule has 0 saturated heterocycles. The maximum absolute atomic E-state index is 13.0. The highest BCUT2D eigenvalue weighted by Gasteiger charge is 2.70. The van der Waals surface area contributed by atoms with Crippen molar-refractivity contribution in [3.8, 4) is 10.4 Å². The molecular formula is C22H18F3NO4S2. The van der Waals surface area contributed by atoms with Gasteiger partial charge in [-0.15, -0.1) is 11.3 Å². The lowest BCUT2D eigenvalue weighted by Crippen LogP contribution is -2.45. The molecule has 1 fully saturated rings. The van der Waals surface area contributed by atoms with Gasteiger partial charge in [0.15, 0.2) is 0 Å². The number of thiophene rings is 1. The van der Waals surface area contributed by atoms with Crippen molar-refractivity contribution in [1.29, 1.82) is 0 Å². The minimum Gasteiger partial charge on any atom is -0.480 e. The zero-order valence-corrected chi connectivity index (χ0v) is 18.3. The van der Waals surface area contributed by atoms with Gasteiger partial charge in [-0.2, -0.15) is 17.9 Å². The SMILES string of the molecule is CC1[C@@H](c2ccccc2)[C@]1(NS(=O)(=O)c1ccc(-c2ccc(C(F)(F)F)cc2)s1)C(=O)O. The van der Waals surface area contributed by atoms with Crippen LogP contribution in [-0.2, 0) is 21.0 Å². The van der Waals surface area contributed by atoms with Gasteiger partial charge in [-0.25, -0.2) is 8.42 Å². The minimum absolute atomic E-state index is 0.112. The van der Waals surface area contributed by atoms with Crippen LogP contribution < -0.4 is 4.72 Å². The molecule has 1 aliphatic carbocycles. The molecular weight excluding hydrogens is 463 g/mol. The van der Waals surface area contributed by atoms with Crippen molar-refractivity contribution in [2.45, 2.75) is 28.8 Å². The first-order valence-electron chi connectivity index (χ1n) is 9.56. The van der Waals surface area contributed by atoms with Crippen LogP contribution in [0.3, 0.4) is 0 Å². The molecule has 5 nitrogen and oxygen atoms in total. The Morgan fingerprint density at radius 2 is 1.66 bits per heavy atom. The Balaban J connectivity index is 1.61. The molecule has 1 aliphatic rings. The first kappa shape index (κ1) is 22.5. The molecule has 2 aromatic carbocycles. The highest BCUT2D eigenvalue weighted by atomic mass is 32.2. The first-order valence-corrected chi connectivity index (χ1v) is 11.9. The molecule has 0 amide bonds. The molecule has 0 radical (unpaired) electrons. The van der Waals surface area contributed by atoms with Crippen LogP contribution in [0.1, 0.15) is 24.0 Å². The third-order valence-electron chi connectivity index (χ3n) is 5.76. The van der Waals surface area contributed by atoms with E-state index in [-0.39, 0.29) is 4.21 Å². The van der Waals surface area contributed by atoms with Gasteiger partial charge in [0.1, 0.15) is 9.75 Å². The van der Waals surface area contributed by atoms with Gasteiger partial charge in [0, 0.05) is 10.8 Å². The van der Waals surface area contributed by atoms with Crippen LogP contribution in [0.25, 0.3) is 10.4 Å². The zero-order chi connectivity index (χ0) is 23.3. The van der Waals surface area contributed by atoms with E-state index < -0.39 is 45.1 Å². The third-order valence-corrected chi connectivity index (χ3v) is 8.87. The van der Waals surface area contributed by atoms with E-state index in [9.17, 15) is 31.5 Å². The van der Waals surface area contributed by atoms with Crippen LogP contribution >= 0.6 is 11.3 Å². The third kappa shape index (κ3) is 3.82. The molecule has 1 saturated carbocycles. The molecule has 4 rings (SSSR count). The van der Waals surface area contributed by atoms with Crippen LogP contribution in [0, 0.1) is 5.92 Å². The van der Waals surface area contributed by atoms with Gasteiger partial charge >= 0.3 is 12.1 Å². The maximum Gasteiger partial charge on any atom is 0.416 e. The highest BCUT2D eigenvalue weighted by Crippen LogP contribution is 2.58. The Labute approximate surface area is 186 Å². The Hall–Kier alpha value is -2.69. The monoisotopic (exact) mass is 481 g/mol. The standard InChI is InChI=1S/C22H18F3NO4S2/c1-13-19(15-5-3-2-4-6-15)21(13,20(27)28)26-32(29,30)18-12-11-17(31-18)14-7-9-16(10-8-14)22(23,24)25/h2-13,19,26H,1H3,(H,27,28)/t13?,19-,21-/m0/s1. The second-order valence-corrected chi connectivity index (χ2v) is 10.6. The average molecular weight is 482 g/mol. The number of nitrogens with one attached hydrogen (secondary N) is 1. The van der Waals surface area contributed by atoms with Gasteiger partial charge in [-0.1, -0.05) is 49.4 Å². The van der Waals surface area contributed by atoms with Gasteiger partial charge in [-0.05, 0) is 41.3 Å². The van der Waals surface area contributed by atoms with Gasteiger partial charge in [0.05, 0.1) is 5.56 Å². The lowest BCUT2D eigenvalue weighted by atomic mass is 10.1. The molecule has 0 aliphatic heterocycles. The molecule has 1 unspecified atom stereocenters. The van der Waals surface area contributed by atoms with Crippen molar-refractivity contribution < 1.29 is 31.5 Å². The number of hydrogen-bond acceptors (Lipinski definition) is 4. The summed E-state index contributed by atoms with van der Waals surface area (Å²) in [5.74, 6) is -2.25. The topological polar surface area (TPSA) is 83.5 Å². The first-order chi connectivity index (χ1) is 15.0. The summed E-state index contributed by atoms with van der Waals surface area (Å²) in [6, 6.07) is 16.0. The Bertz CT molecular complexity index is 1250. The van der Waals surface area contributed by atoms with Crippen molar-refractivity contribution in [2.75, 3.05) is 0 Å². The van der Waals surface area contributed by atoms with Gasteiger partial charge < -0.3 is 5.11 Å². The summed E-state index contributed by atoms with van der Waals surface area (Å²) in [5, 5.41) is 9.88. The van der Waals surface area contributed by atoms with E-state index in [4.69, 9.17) is 0 Å². The predicted octanol–water partition coefficient (Wildman–Crippen LogP) is 4.97. The Morgan fingerprint density at radius 3 is 2.22 bits per heavy atom. The van der Waals surface area contributed by atoms with Crippen molar-refractivity contribution in [2.24, 2.45) is 5.92 Å². The quantitative estimate of drug-likeness (QED) is 0.521. The molecule has 1 heterocycles. The van der Waals surface area contributed by atoms with Crippen LogP contribution in [0.15, 0.2) is 70.9 Å². The number of benzene rings is 2. The smallest absolute Gasteiger partial charge is 0.416 e. The summed E-state index contributed by atoms with van der Waals surface area (Å²) in [7, 11) is -4.19. The molecule has 0 bridgehead atoms. The van der Waals surface area contributed by atoms with E-state index in [1.54, 1.807) is 37.3 Å². The zero-order valence-electron chi connectivity index (χ0n) is 16.6. The highest BCUT2D eigenvalue weighted by molar-refractivity contribution is 7.91. The largest absolute Gasteiger partial charge is 0.480 e. The van der Waals surface area contributed by atoms with Crippen molar-refractivity contribution in [3.63, 3.8) is 0 Å². The van der Waals surface area contributed by atoms with Gasteiger partial charge in [0.25, 0.3) is 10.0 Å². The normalized spacial score (nSPS) is 23.1. The number of hydrogen-bond donors (Lipinski definition) is 2. The number of carboxylic acid groups (broad SMARTS) is 1. The van der Waals surface area contributed by atoms with Crippen molar-refractivity contribution in [1.82, 2.24) is 4.72 Å². The molecule has 3 aromatic rings. The van der Waals surface area contributed by atoms with E-state index in [1.807, 2.05) is 0 Å². The number of halogens is 3. The summed E-state index contributed by atoms with van der Waals surface area (Å²) >= 11 is 0.860. The van der Waals surface area contributed by atoms with Gasteiger partial charge in [-0.3, -0.25) is 4.79 Å². The van der Waals surface area contributed by atoms with Crippen LogP contribution in [0.4, 0.5) is 13.2 Å². The van der Waals surface area contributed by atoms with E-state index in [0.29, 0.717) is 10.4 Å². The average Bonchev–Trinajstić information content (AvgIpc) is 3.09. The number of sulfonamides is 1. The second kappa shape index (κ2) is 7.72. The second-order valence-electron chi connectivity index (χ2n) is 7.65. The fraction of sp³-hybridized carbons (Fsp3) is 0.227. The maximum atomic E-state index is 13.0. The lowest BCUT2D eigenvalue weighted by Gasteiger charge is -2.15. The number of aliphatic carboxylic acids is 1. The Morgan fingerprint density at radius 1 is 1.03 bits per heavy atom. The van der Waals surface area contributed by atoms with Crippen LogP contribution in [0.5, 0.6) is 0 Å². The van der Waals surface area contributed by atoms with Crippen molar-refractivity contribution >= 4 is 27.3 Å². The summed E-state index contributed by atoms with van der Waals surface area (Å²) < 4.78 is 66.6. The summed E-state index contributed by atoms with van der Waals surface area (Å²) in [6.45, 7) is 1.68. The molecule has 1 aromatic heterocycles. The molecule has 168 valence electrons. The van der Waals surface area contributed by atoms with Gasteiger partial charge in [0.2, 0.25) is 0 Å².